The van der Waals surface area contributed by atoms with Gasteiger partial charge in [-0.05, 0) is 6.92 Å². The molecule has 0 saturated heterocycles. The summed E-state index contributed by atoms with van der Waals surface area (Å²) in [6, 6.07) is 0. The van der Waals surface area contributed by atoms with Gasteiger partial charge in [-0.25, -0.2) is 18.4 Å². The van der Waals surface area contributed by atoms with Crippen LogP contribution in [0.25, 0.3) is 0 Å². The molecule has 2 heterocycles. The molecule has 0 aliphatic heterocycles. The van der Waals surface area contributed by atoms with E-state index in [1.165, 1.54) is 33.6 Å². The van der Waals surface area contributed by atoms with E-state index in [0.29, 0.717) is 5.69 Å². The van der Waals surface area contributed by atoms with Gasteiger partial charge in [0.15, 0.2) is 0 Å². The third kappa shape index (κ3) is 2.81. The van der Waals surface area contributed by atoms with Crippen molar-refractivity contribution in [2.75, 3.05) is 7.05 Å². The number of sulfonamides is 1. The van der Waals surface area contributed by atoms with E-state index in [1.807, 2.05) is 12.3 Å². The lowest BCUT2D eigenvalue weighted by atomic mass is 10.5. The summed E-state index contributed by atoms with van der Waals surface area (Å²) < 4.78 is 27.3. The number of imidazole rings is 1. The molecule has 0 fully saturated rings. The first-order valence-electron chi connectivity index (χ1n) is 5.36. The number of hydrogen-bond acceptors (Lipinski definition) is 5. The van der Waals surface area contributed by atoms with Crippen molar-refractivity contribution in [3.05, 3.63) is 27.6 Å². The van der Waals surface area contributed by atoms with Crippen molar-refractivity contribution in [1.82, 2.24) is 18.8 Å². The second-order valence-electron chi connectivity index (χ2n) is 4.07. The molecule has 0 radical (unpaired) electrons. The summed E-state index contributed by atoms with van der Waals surface area (Å²) in [5.74, 6) is 0. The van der Waals surface area contributed by atoms with Crippen molar-refractivity contribution in [1.29, 1.82) is 0 Å². The topological polar surface area (TPSA) is 68.1 Å². The lowest BCUT2D eigenvalue weighted by Crippen LogP contribution is -2.27. The van der Waals surface area contributed by atoms with E-state index in [4.69, 9.17) is 11.6 Å². The molecule has 0 saturated carbocycles. The summed E-state index contributed by atoms with van der Waals surface area (Å²) in [4.78, 5) is 8.08. The number of rotatable bonds is 4. The number of hydrogen-bond donors (Lipinski definition) is 0. The van der Waals surface area contributed by atoms with Crippen LogP contribution in [0.1, 0.15) is 10.7 Å². The molecule has 0 atom stereocenters. The molecule has 104 valence electrons. The molecule has 0 amide bonds. The Morgan fingerprint density at radius 3 is 2.68 bits per heavy atom. The SMILES string of the molecule is Cc1nc(CN(C)S(=O)(=O)c2ncn(C)c2Cl)cs1. The fourth-order valence-corrected chi connectivity index (χ4v) is 3.63. The van der Waals surface area contributed by atoms with Crippen LogP contribution in [0.4, 0.5) is 0 Å². The Morgan fingerprint density at radius 2 is 2.21 bits per heavy atom. The van der Waals surface area contributed by atoms with Crippen LogP contribution in [0.15, 0.2) is 16.7 Å². The largest absolute Gasteiger partial charge is 0.324 e. The zero-order chi connectivity index (χ0) is 14.2. The maximum absolute atomic E-state index is 12.3. The minimum absolute atomic E-state index is 0.0984. The third-order valence-electron chi connectivity index (χ3n) is 2.54. The molecule has 0 unspecified atom stereocenters. The smallest absolute Gasteiger partial charge is 0.263 e. The highest BCUT2D eigenvalue weighted by Gasteiger charge is 2.27. The van der Waals surface area contributed by atoms with Gasteiger partial charge in [0.2, 0.25) is 5.03 Å². The fourth-order valence-electron chi connectivity index (χ4n) is 1.51. The van der Waals surface area contributed by atoms with Crippen molar-refractivity contribution in [3.8, 4) is 0 Å². The van der Waals surface area contributed by atoms with Gasteiger partial charge in [0.1, 0.15) is 5.15 Å². The molecular weight excluding hydrogens is 308 g/mol. The normalized spacial score (nSPS) is 12.3. The summed E-state index contributed by atoms with van der Waals surface area (Å²) in [6.07, 6.45) is 1.37. The Hall–Kier alpha value is -0.960. The first kappa shape index (κ1) is 14.4. The highest BCUT2D eigenvalue weighted by atomic mass is 35.5. The Labute approximate surface area is 120 Å². The van der Waals surface area contributed by atoms with Crippen molar-refractivity contribution in [2.45, 2.75) is 18.5 Å². The molecule has 0 aromatic carbocycles. The average molecular weight is 321 g/mol. The fraction of sp³-hybridized carbons (Fsp3) is 0.400. The molecule has 2 aromatic heterocycles. The van der Waals surface area contributed by atoms with Gasteiger partial charge < -0.3 is 4.57 Å². The summed E-state index contributed by atoms with van der Waals surface area (Å²) in [7, 11) is -0.585. The Bertz CT molecular complexity index is 692. The lowest BCUT2D eigenvalue weighted by Gasteiger charge is -2.14. The highest BCUT2D eigenvalue weighted by Crippen LogP contribution is 2.23. The number of thiazole rings is 1. The molecule has 2 rings (SSSR count). The average Bonchev–Trinajstić information content (AvgIpc) is 2.87. The van der Waals surface area contributed by atoms with Crippen LogP contribution in [-0.2, 0) is 23.6 Å². The van der Waals surface area contributed by atoms with Gasteiger partial charge in [-0.2, -0.15) is 4.31 Å². The highest BCUT2D eigenvalue weighted by molar-refractivity contribution is 7.89. The van der Waals surface area contributed by atoms with E-state index in [-0.39, 0.29) is 16.7 Å². The van der Waals surface area contributed by atoms with Crippen molar-refractivity contribution in [2.24, 2.45) is 7.05 Å². The molecular formula is C10H13ClN4O2S2. The molecule has 19 heavy (non-hydrogen) atoms. The van der Waals surface area contributed by atoms with Gasteiger partial charge in [-0.15, -0.1) is 11.3 Å². The predicted octanol–water partition coefficient (Wildman–Crippen LogP) is 1.66. The number of aryl methyl sites for hydroxylation is 2. The predicted molar refractivity (Wildman–Crippen MR) is 73.7 cm³/mol. The third-order valence-corrected chi connectivity index (χ3v) is 5.66. The molecule has 2 aromatic rings. The number of nitrogens with zero attached hydrogens (tertiary/aromatic N) is 4. The van der Waals surface area contributed by atoms with Crippen LogP contribution < -0.4 is 0 Å². The van der Waals surface area contributed by atoms with Gasteiger partial charge in [0, 0.05) is 19.5 Å². The molecule has 0 spiro atoms. The monoisotopic (exact) mass is 320 g/mol. The zero-order valence-electron chi connectivity index (χ0n) is 10.7. The Balaban J connectivity index is 2.27. The minimum atomic E-state index is -3.70. The second-order valence-corrected chi connectivity index (χ2v) is 7.45. The van der Waals surface area contributed by atoms with Gasteiger partial charge >= 0.3 is 0 Å². The van der Waals surface area contributed by atoms with Gasteiger partial charge in [0.25, 0.3) is 10.0 Å². The lowest BCUT2D eigenvalue weighted by molar-refractivity contribution is 0.460. The summed E-state index contributed by atoms with van der Waals surface area (Å²) in [5.41, 5.74) is 0.709. The summed E-state index contributed by atoms with van der Waals surface area (Å²) in [6.45, 7) is 2.07. The van der Waals surface area contributed by atoms with Crippen molar-refractivity contribution in [3.63, 3.8) is 0 Å². The standard InChI is InChI=1S/C10H13ClN4O2S2/c1-7-13-8(5-18-7)4-15(3)19(16,17)10-9(11)14(2)6-12-10/h5-6H,4H2,1-3H3. The van der Waals surface area contributed by atoms with Crippen LogP contribution in [0.5, 0.6) is 0 Å². The van der Waals surface area contributed by atoms with E-state index in [2.05, 4.69) is 9.97 Å². The Morgan fingerprint density at radius 1 is 1.53 bits per heavy atom. The van der Waals surface area contributed by atoms with Crippen LogP contribution in [0, 0.1) is 6.92 Å². The van der Waals surface area contributed by atoms with Crippen LogP contribution >= 0.6 is 22.9 Å². The van der Waals surface area contributed by atoms with Crippen LogP contribution in [0.2, 0.25) is 5.15 Å². The molecule has 0 bridgehead atoms. The van der Waals surface area contributed by atoms with E-state index in [9.17, 15) is 8.42 Å². The van der Waals surface area contributed by atoms with Crippen molar-refractivity contribution < 1.29 is 8.42 Å². The first-order valence-corrected chi connectivity index (χ1v) is 8.06. The van der Waals surface area contributed by atoms with E-state index >= 15 is 0 Å². The molecule has 0 N–H and O–H groups in total. The maximum atomic E-state index is 12.3. The maximum Gasteiger partial charge on any atom is 0.263 e. The van der Waals surface area contributed by atoms with Crippen molar-refractivity contribution >= 4 is 33.0 Å². The van der Waals surface area contributed by atoms with E-state index in [1.54, 1.807) is 7.05 Å². The zero-order valence-corrected chi connectivity index (χ0v) is 13.1. The van der Waals surface area contributed by atoms with Gasteiger partial charge in [0.05, 0.1) is 23.6 Å². The molecule has 6 nitrogen and oxygen atoms in total. The minimum Gasteiger partial charge on any atom is -0.324 e. The Kier molecular flexibility index (Phi) is 3.95. The molecule has 0 aliphatic carbocycles. The first-order chi connectivity index (χ1) is 8.82. The number of aromatic nitrogens is 3. The van der Waals surface area contributed by atoms with Gasteiger partial charge in [-0.3, -0.25) is 0 Å². The van der Waals surface area contributed by atoms with Crippen LogP contribution in [-0.4, -0.2) is 34.3 Å². The van der Waals surface area contributed by atoms with Crippen LogP contribution in [0.3, 0.4) is 0 Å². The van der Waals surface area contributed by atoms with E-state index in [0.717, 1.165) is 5.01 Å². The molecule has 9 heteroatoms. The summed E-state index contributed by atoms with van der Waals surface area (Å²) in [5, 5.41) is 2.70. The molecule has 0 aliphatic rings. The number of halogens is 1. The summed E-state index contributed by atoms with van der Waals surface area (Å²) >= 11 is 7.41. The quantitative estimate of drug-likeness (QED) is 0.859. The van der Waals surface area contributed by atoms with E-state index < -0.39 is 10.0 Å². The second kappa shape index (κ2) is 5.20. The van der Waals surface area contributed by atoms with Gasteiger partial charge in [-0.1, -0.05) is 11.6 Å².